The summed E-state index contributed by atoms with van der Waals surface area (Å²) in [5.74, 6) is 0.0968. The lowest BCUT2D eigenvalue weighted by Crippen LogP contribution is -2.19. The SMILES string of the molecule is O=C1CC(c2ccccc2)CC(O)=C1C=NCc1ccc(Cl)cc1. The van der Waals surface area contributed by atoms with Crippen molar-refractivity contribution in [3.63, 3.8) is 0 Å². The second-order valence-electron chi connectivity index (χ2n) is 5.90. The normalized spacial score (nSPS) is 18.4. The highest BCUT2D eigenvalue weighted by molar-refractivity contribution is 6.30. The molecule has 122 valence electrons. The maximum Gasteiger partial charge on any atom is 0.168 e. The molecule has 0 aromatic heterocycles. The highest BCUT2D eigenvalue weighted by Gasteiger charge is 2.27. The Morgan fingerprint density at radius 1 is 1.08 bits per heavy atom. The molecule has 3 nitrogen and oxygen atoms in total. The first kappa shape index (κ1) is 16.5. The van der Waals surface area contributed by atoms with Gasteiger partial charge in [0.25, 0.3) is 0 Å². The Morgan fingerprint density at radius 3 is 2.46 bits per heavy atom. The van der Waals surface area contributed by atoms with Crippen LogP contribution in [-0.2, 0) is 11.3 Å². The zero-order valence-corrected chi connectivity index (χ0v) is 13.9. The van der Waals surface area contributed by atoms with Crippen LogP contribution in [0.25, 0.3) is 0 Å². The fraction of sp³-hybridized carbons (Fsp3) is 0.200. The zero-order valence-electron chi connectivity index (χ0n) is 13.2. The van der Waals surface area contributed by atoms with Crippen molar-refractivity contribution in [3.05, 3.63) is 82.1 Å². The van der Waals surface area contributed by atoms with Crippen molar-refractivity contribution < 1.29 is 9.90 Å². The number of benzene rings is 2. The zero-order chi connectivity index (χ0) is 16.9. The number of rotatable bonds is 4. The van der Waals surface area contributed by atoms with Crippen molar-refractivity contribution in [2.75, 3.05) is 0 Å². The lowest BCUT2D eigenvalue weighted by atomic mass is 9.83. The van der Waals surface area contributed by atoms with E-state index in [1.807, 2.05) is 42.5 Å². The average Bonchev–Trinajstić information content (AvgIpc) is 2.59. The number of aliphatic imine (C=N–C) groups is 1. The monoisotopic (exact) mass is 339 g/mol. The number of carbonyl (C=O) groups excluding carboxylic acids is 1. The van der Waals surface area contributed by atoms with Crippen molar-refractivity contribution in [1.82, 2.24) is 0 Å². The molecule has 0 bridgehead atoms. The van der Waals surface area contributed by atoms with Crippen molar-refractivity contribution in [2.45, 2.75) is 25.3 Å². The van der Waals surface area contributed by atoms with Crippen LogP contribution in [0, 0.1) is 0 Å². The third-order valence-electron chi connectivity index (χ3n) is 4.16. The van der Waals surface area contributed by atoms with Gasteiger partial charge in [-0.25, -0.2) is 0 Å². The first-order valence-electron chi connectivity index (χ1n) is 7.88. The van der Waals surface area contributed by atoms with Crippen LogP contribution in [-0.4, -0.2) is 17.1 Å². The van der Waals surface area contributed by atoms with Gasteiger partial charge >= 0.3 is 0 Å². The molecule has 1 aliphatic carbocycles. The van der Waals surface area contributed by atoms with Gasteiger partial charge in [-0.2, -0.15) is 0 Å². The van der Waals surface area contributed by atoms with Gasteiger partial charge in [-0.15, -0.1) is 0 Å². The second kappa shape index (κ2) is 7.45. The number of hydrogen-bond acceptors (Lipinski definition) is 3. The number of nitrogens with zero attached hydrogens (tertiary/aromatic N) is 1. The van der Waals surface area contributed by atoms with Crippen LogP contribution in [0.4, 0.5) is 0 Å². The highest BCUT2D eigenvalue weighted by atomic mass is 35.5. The summed E-state index contributed by atoms with van der Waals surface area (Å²) in [5, 5.41) is 10.9. The topological polar surface area (TPSA) is 49.7 Å². The van der Waals surface area contributed by atoms with Crippen molar-refractivity contribution in [3.8, 4) is 0 Å². The van der Waals surface area contributed by atoms with E-state index in [2.05, 4.69) is 4.99 Å². The number of carbonyl (C=O) groups is 1. The molecule has 1 unspecified atom stereocenters. The predicted octanol–water partition coefficient (Wildman–Crippen LogP) is 4.87. The molecule has 0 aliphatic heterocycles. The third kappa shape index (κ3) is 3.92. The molecule has 0 heterocycles. The number of hydrogen-bond donors (Lipinski definition) is 1. The average molecular weight is 340 g/mol. The molecule has 24 heavy (non-hydrogen) atoms. The molecular weight excluding hydrogens is 322 g/mol. The molecule has 0 fully saturated rings. The van der Waals surface area contributed by atoms with Crippen LogP contribution in [0.15, 0.2) is 70.9 Å². The van der Waals surface area contributed by atoms with E-state index in [-0.39, 0.29) is 17.5 Å². The Labute approximate surface area is 146 Å². The number of halogens is 1. The predicted molar refractivity (Wildman–Crippen MR) is 96.7 cm³/mol. The minimum atomic E-state index is -0.0625. The molecule has 0 saturated heterocycles. The third-order valence-corrected chi connectivity index (χ3v) is 4.41. The van der Waals surface area contributed by atoms with Gasteiger partial charge in [0.1, 0.15) is 5.76 Å². The van der Waals surface area contributed by atoms with Crippen LogP contribution < -0.4 is 0 Å². The van der Waals surface area contributed by atoms with E-state index in [9.17, 15) is 9.90 Å². The molecule has 2 aromatic rings. The summed E-state index contributed by atoms with van der Waals surface area (Å²) in [6.45, 7) is 0.448. The number of allylic oxidation sites excluding steroid dienone is 2. The van der Waals surface area contributed by atoms with Gasteiger partial charge in [0, 0.05) is 24.1 Å². The molecule has 0 radical (unpaired) electrons. The molecule has 0 saturated carbocycles. The first-order chi connectivity index (χ1) is 11.6. The van der Waals surface area contributed by atoms with Gasteiger partial charge in [-0.05, 0) is 29.2 Å². The number of aliphatic hydroxyl groups excluding tert-OH is 1. The maximum atomic E-state index is 12.3. The molecule has 0 spiro atoms. The number of Topliss-reactive ketones (excluding diaryl/α,β-unsaturated/α-hetero) is 1. The summed E-state index contributed by atoms with van der Waals surface area (Å²) in [4.78, 5) is 16.6. The Morgan fingerprint density at radius 2 is 1.79 bits per heavy atom. The van der Waals surface area contributed by atoms with E-state index in [0.717, 1.165) is 11.1 Å². The van der Waals surface area contributed by atoms with Crippen LogP contribution in [0.2, 0.25) is 5.02 Å². The summed E-state index contributed by atoms with van der Waals surface area (Å²) in [7, 11) is 0. The number of ketones is 1. The second-order valence-corrected chi connectivity index (χ2v) is 6.33. The van der Waals surface area contributed by atoms with E-state index in [1.54, 1.807) is 12.1 Å². The Bertz CT molecular complexity index is 779. The maximum absolute atomic E-state index is 12.3. The molecule has 3 rings (SSSR count). The minimum Gasteiger partial charge on any atom is -0.511 e. The lowest BCUT2D eigenvalue weighted by Gasteiger charge is -2.22. The Kier molecular flexibility index (Phi) is 5.11. The molecule has 0 amide bonds. The summed E-state index contributed by atoms with van der Waals surface area (Å²) in [6, 6.07) is 17.2. The van der Waals surface area contributed by atoms with Crippen molar-refractivity contribution in [1.29, 1.82) is 0 Å². The van der Waals surface area contributed by atoms with E-state index >= 15 is 0 Å². The summed E-state index contributed by atoms with van der Waals surface area (Å²) in [6.07, 6.45) is 2.36. The minimum absolute atomic E-state index is 0.0344. The molecule has 2 aromatic carbocycles. The lowest BCUT2D eigenvalue weighted by molar-refractivity contribution is -0.116. The van der Waals surface area contributed by atoms with Gasteiger partial charge in [-0.1, -0.05) is 54.1 Å². The molecule has 1 atom stereocenters. The molecule has 1 aliphatic rings. The fourth-order valence-corrected chi connectivity index (χ4v) is 2.98. The Balaban J connectivity index is 1.70. The molecular formula is C20H18ClNO2. The largest absolute Gasteiger partial charge is 0.511 e. The highest BCUT2D eigenvalue weighted by Crippen LogP contribution is 2.32. The van der Waals surface area contributed by atoms with E-state index in [0.29, 0.717) is 30.0 Å². The first-order valence-corrected chi connectivity index (χ1v) is 8.26. The van der Waals surface area contributed by atoms with Crippen LogP contribution in [0.5, 0.6) is 0 Å². The van der Waals surface area contributed by atoms with Gasteiger partial charge in [0.05, 0.1) is 12.1 Å². The Hall–Kier alpha value is -2.39. The summed E-state index contributed by atoms with van der Waals surface area (Å²) >= 11 is 5.85. The van der Waals surface area contributed by atoms with E-state index in [1.165, 1.54) is 6.21 Å². The standard InChI is InChI=1S/C20H18ClNO2/c21-17-8-6-14(7-9-17)12-22-13-18-19(23)10-16(11-20(18)24)15-4-2-1-3-5-15/h1-9,13,16,23H,10-12H2. The smallest absolute Gasteiger partial charge is 0.168 e. The van der Waals surface area contributed by atoms with Gasteiger partial charge in [-0.3, -0.25) is 9.79 Å². The summed E-state index contributed by atoms with van der Waals surface area (Å²) in [5.41, 5.74) is 2.41. The van der Waals surface area contributed by atoms with Crippen LogP contribution in [0.3, 0.4) is 0 Å². The van der Waals surface area contributed by atoms with Crippen molar-refractivity contribution >= 4 is 23.6 Å². The quantitative estimate of drug-likeness (QED) is 0.808. The van der Waals surface area contributed by atoms with E-state index in [4.69, 9.17) is 11.6 Å². The van der Waals surface area contributed by atoms with Crippen LogP contribution >= 0.6 is 11.6 Å². The van der Waals surface area contributed by atoms with Gasteiger partial charge in [0.15, 0.2) is 5.78 Å². The summed E-state index contributed by atoms with van der Waals surface area (Å²) < 4.78 is 0. The molecule has 1 N–H and O–H groups in total. The van der Waals surface area contributed by atoms with E-state index < -0.39 is 0 Å². The van der Waals surface area contributed by atoms with Crippen molar-refractivity contribution in [2.24, 2.45) is 4.99 Å². The van der Waals surface area contributed by atoms with Gasteiger partial charge < -0.3 is 5.11 Å². The van der Waals surface area contributed by atoms with Crippen LogP contribution in [0.1, 0.15) is 29.9 Å². The fourth-order valence-electron chi connectivity index (χ4n) is 2.85. The number of aliphatic hydroxyl groups is 1. The molecule has 4 heteroatoms. The van der Waals surface area contributed by atoms with Gasteiger partial charge in [0.2, 0.25) is 0 Å².